The Morgan fingerprint density at radius 3 is 1.29 bits per heavy atom. The highest BCUT2D eigenvalue weighted by molar-refractivity contribution is 6.08. The fourth-order valence-corrected chi connectivity index (χ4v) is 7.32. The van der Waals surface area contributed by atoms with Crippen LogP contribution in [0, 0.1) is 0 Å². The van der Waals surface area contributed by atoms with Gasteiger partial charge in [-0.05, 0) is 111 Å². The first kappa shape index (κ1) is 32.3. The van der Waals surface area contributed by atoms with Gasteiger partial charge in [-0.1, -0.05) is 95.3 Å². The Hall–Kier alpha value is -2.62. The molecule has 42 heavy (non-hydrogen) atoms. The second kappa shape index (κ2) is 17.5. The van der Waals surface area contributed by atoms with Gasteiger partial charge >= 0.3 is 11.9 Å². The van der Waals surface area contributed by atoms with Gasteiger partial charge < -0.3 is 10.2 Å². The average Bonchev–Trinajstić information content (AvgIpc) is 3.00. The molecule has 1 aromatic rings. The first-order chi connectivity index (χ1) is 20.6. The summed E-state index contributed by atoms with van der Waals surface area (Å²) in [6.45, 7) is 0. The second-order valence-corrected chi connectivity index (χ2v) is 12.9. The predicted octanol–water partition coefficient (Wildman–Crippen LogP) is 11.6. The summed E-state index contributed by atoms with van der Waals surface area (Å²) in [5.41, 5.74) is 5.81. The molecule has 1 aromatic carbocycles. The number of carboxylic acids is 2. The van der Waals surface area contributed by atoms with E-state index in [0.717, 1.165) is 124 Å². The summed E-state index contributed by atoms with van der Waals surface area (Å²) in [6.07, 6.45) is 32.9. The van der Waals surface area contributed by atoms with Crippen molar-refractivity contribution < 1.29 is 19.8 Å². The molecule has 0 heterocycles. The molecule has 0 radical (unpaired) electrons. The molecule has 0 amide bonds. The number of aromatic carboxylic acids is 2. The van der Waals surface area contributed by atoms with Crippen LogP contribution in [0.2, 0.25) is 0 Å². The molecule has 4 heteroatoms. The fourth-order valence-electron chi connectivity index (χ4n) is 7.32. The molecule has 0 atom stereocenters. The zero-order chi connectivity index (χ0) is 29.6. The molecule has 0 unspecified atom stereocenters. The summed E-state index contributed by atoms with van der Waals surface area (Å²) in [4.78, 5) is 26.4. The number of hydrogen-bond acceptors (Lipinski definition) is 2. The Kier molecular flexibility index (Phi) is 13.4. The lowest BCUT2D eigenvalue weighted by Gasteiger charge is -2.25. The molecule has 0 aromatic heterocycles. The van der Waals surface area contributed by atoms with Crippen LogP contribution in [0.25, 0.3) is 16.7 Å². The zero-order valence-corrected chi connectivity index (χ0v) is 26.0. The summed E-state index contributed by atoms with van der Waals surface area (Å²) >= 11 is 0. The van der Waals surface area contributed by atoms with E-state index in [1.807, 2.05) is 6.07 Å². The Bertz CT molecular complexity index is 1150. The van der Waals surface area contributed by atoms with Crippen molar-refractivity contribution >= 4 is 28.7 Å². The highest BCUT2D eigenvalue weighted by atomic mass is 16.4. The van der Waals surface area contributed by atoms with E-state index < -0.39 is 11.9 Å². The van der Waals surface area contributed by atoms with E-state index in [2.05, 4.69) is 18.2 Å². The van der Waals surface area contributed by atoms with E-state index in [4.69, 9.17) is 0 Å². The number of benzene rings is 1. The third kappa shape index (κ3) is 9.19. The van der Waals surface area contributed by atoms with Crippen LogP contribution in [-0.4, -0.2) is 22.2 Å². The van der Waals surface area contributed by atoms with Gasteiger partial charge in [-0.2, -0.15) is 0 Å². The summed E-state index contributed by atoms with van der Waals surface area (Å²) < 4.78 is 0. The molecular formula is C38H54O4. The summed E-state index contributed by atoms with van der Waals surface area (Å²) in [7, 11) is 0. The Labute approximate surface area is 254 Å². The molecule has 4 nitrogen and oxygen atoms in total. The zero-order valence-electron chi connectivity index (χ0n) is 26.0. The van der Waals surface area contributed by atoms with Gasteiger partial charge in [0, 0.05) is 5.56 Å². The van der Waals surface area contributed by atoms with Crippen LogP contribution in [0.1, 0.15) is 192 Å². The maximum Gasteiger partial charge on any atom is 0.336 e. The van der Waals surface area contributed by atoms with Crippen molar-refractivity contribution in [3.8, 4) is 0 Å². The highest BCUT2D eigenvalue weighted by Gasteiger charge is 2.30. The Morgan fingerprint density at radius 1 is 0.452 bits per heavy atom. The number of carboxylic acid groups (broad SMARTS) is 2. The molecule has 0 aliphatic heterocycles. The highest BCUT2D eigenvalue weighted by Crippen LogP contribution is 2.42. The van der Waals surface area contributed by atoms with Crippen LogP contribution in [0.5, 0.6) is 0 Å². The molecule has 2 N–H and O–H groups in total. The Balaban J connectivity index is 1.99. The molecular weight excluding hydrogens is 520 g/mol. The SMILES string of the molecule is O=C(O)c1cc(C2=CCCCCCCCC2)c(C2=CCCCCCCCC2)c(C(=O)O)c1C1=CCCCCCCCC1. The van der Waals surface area contributed by atoms with Gasteiger partial charge in [-0.3, -0.25) is 0 Å². The van der Waals surface area contributed by atoms with Crippen molar-refractivity contribution in [3.63, 3.8) is 0 Å². The molecule has 0 saturated heterocycles. The van der Waals surface area contributed by atoms with E-state index in [0.29, 0.717) is 5.56 Å². The largest absolute Gasteiger partial charge is 0.478 e. The van der Waals surface area contributed by atoms with Crippen LogP contribution in [0.4, 0.5) is 0 Å². The molecule has 230 valence electrons. The lowest BCUT2D eigenvalue weighted by Crippen LogP contribution is -2.16. The maximum atomic E-state index is 13.4. The number of allylic oxidation sites excluding steroid dienone is 6. The quantitative estimate of drug-likeness (QED) is 0.367. The van der Waals surface area contributed by atoms with E-state index in [9.17, 15) is 19.8 Å². The van der Waals surface area contributed by atoms with Crippen LogP contribution in [-0.2, 0) is 0 Å². The first-order valence-corrected chi connectivity index (χ1v) is 17.3. The van der Waals surface area contributed by atoms with Gasteiger partial charge in [-0.15, -0.1) is 0 Å². The van der Waals surface area contributed by atoms with Gasteiger partial charge in [0.15, 0.2) is 0 Å². The third-order valence-corrected chi connectivity index (χ3v) is 9.63. The normalized spacial score (nSPS) is 20.8. The summed E-state index contributed by atoms with van der Waals surface area (Å²) in [5, 5.41) is 21.6. The van der Waals surface area contributed by atoms with Crippen molar-refractivity contribution in [2.75, 3.05) is 0 Å². The molecule has 3 aliphatic carbocycles. The second-order valence-electron chi connectivity index (χ2n) is 12.9. The van der Waals surface area contributed by atoms with E-state index in [-0.39, 0.29) is 11.1 Å². The number of carbonyl (C=O) groups is 2. The van der Waals surface area contributed by atoms with Crippen LogP contribution < -0.4 is 0 Å². The minimum absolute atomic E-state index is 0.174. The Morgan fingerprint density at radius 2 is 0.833 bits per heavy atom. The molecule has 4 rings (SSSR count). The average molecular weight is 575 g/mol. The van der Waals surface area contributed by atoms with Gasteiger partial charge in [0.25, 0.3) is 0 Å². The number of hydrogen-bond donors (Lipinski definition) is 2. The van der Waals surface area contributed by atoms with Crippen molar-refractivity contribution in [2.24, 2.45) is 0 Å². The van der Waals surface area contributed by atoms with Crippen LogP contribution in [0.15, 0.2) is 24.3 Å². The lowest BCUT2D eigenvalue weighted by molar-refractivity contribution is 0.0695. The van der Waals surface area contributed by atoms with E-state index in [1.54, 1.807) is 0 Å². The molecule has 0 bridgehead atoms. The fraction of sp³-hybridized carbons (Fsp3) is 0.632. The summed E-state index contributed by atoms with van der Waals surface area (Å²) in [6, 6.07) is 1.89. The third-order valence-electron chi connectivity index (χ3n) is 9.63. The van der Waals surface area contributed by atoms with Crippen LogP contribution in [0.3, 0.4) is 0 Å². The molecule has 0 fully saturated rings. The number of rotatable bonds is 5. The van der Waals surface area contributed by atoms with Crippen molar-refractivity contribution in [1.82, 2.24) is 0 Å². The van der Waals surface area contributed by atoms with Crippen molar-refractivity contribution in [1.29, 1.82) is 0 Å². The topological polar surface area (TPSA) is 74.6 Å². The first-order valence-electron chi connectivity index (χ1n) is 17.3. The molecule has 3 aliphatic rings. The molecule has 0 saturated carbocycles. The van der Waals surface area contributed by atoms with Gasteiger partial charge in [-0.25, -0.2) is 9.59 Å². The van der Waals surface area contributed by atoms with E-state index >= 15 is 0 Å². The maximum absolute atomic E-state index is 13.4. The molecule has 0 spiro atoms. The van der Waals surface area contributed by atoms with Crippen molar-refractivity contribution in [3.05, 3.63) is 52.1 Å². The van der Waals surface area contributed by atoms with Gasteiger partial charge in [0.1, 0.15) is 0 Å². The van der Waals surface area contributed by atoms with Crippen molar-refractivity contribution in [2.45, 2.75) is 154 Å². The standard InChI is InChI=1S/C38H54O4/c39-37(40)33-28-32(29-22-16-10-4-1-5-11-17-23-29)34(30-24-18-12-6-2-7-13-19-25-30)36(38(41)42)35(33)31-26-20-14-8-3-9-15-21-27-31/h22,24,26,28H,1-21,23,25,27H2,(H,39,40)(H,41,42). The smallest absolute Gasteiger partial charge is 0.336 e. The minimum atomic E-state index is -1.02. The monoisotopic (exact) mass is 574 g/mol. The summed E-state index contributed by atoms with van der Waals surface area (Å²) in [5.74, 6) is -2.00. The minimum Gasteiger partial charge on any atom is -0.478 e. The van der Waals surface area contributed by atoms with E-state index in [1.165, 1.54) is 57.8 Å². The van der Waals surface area contributed by atoms with Crippen LogP contribution >= 0.6 is 0 Å². The van der Waals surface area contributed by atoms with Gasteiger partial charge in [0.2, 0.25) is 0 Å². The predicted molar refractivity (Wildman–Crippen MR) is 175 cm³/mol. The van der Waals surface area contributed by atoms with Gasteiger partial charge in [0.05, 0.1) is 11.1 Å². The lowest BCUT2D eigenvalue weighted by atomic mass is 9.78.